The van der Waals surface area contributed by atoms with Crippen LogP contribution in [0.15, 0.2) is 24.3 Å². The summed E-state index contributed by atoms with van der Waals surface area (Å²) in [5, 5.41) is 20.2. The van der Waals surface area contributed by atoms with E-state index in [0.29, 0.717) is 0 Å². The third-order valence-electron chi connectivity index (χ3n) is 4.85. The number of nitrogens with one attached hydrogen (secondary N) is 1. The average Bonchev–Trinajstić information content (AvgIpc) is 2.81. The van der Waals surface area contributed by atoms with Gasteiger partial charge in [0.15, 0.2) is 0 Å². The fourth-order valence-electron chi connectivity index (χ4n) is 3.84. The number of hydrogen-bond acceptors (Lipinski definition) is 5. The van der Waals surface area contributed by atoms with E-state index in [1.54, 1.807) is 12.1 Å². The predicted octanol–water partition coefficient (Wildman–Crippen LogP) is 0.751. The highest BCUT2D eigenvalue weighted by molar-refractivity contribution is 5.30. The van der Waals surface area contributed by atoms with Crippen molar-refractivity contribution in [1.82, 2.24) is 10.4 Å². The van der Waals surface area contributed by atoms with E-state index in [1.807, 2.05) is 12.1 Å². The maximum Gasteiger partial charge on any atom is 0.205 e. The summed E-state index contributed by atoms with van der Waals surface area (Å²) in [4.78, 5) is 7.89. The quantitative estimate of drug-likeness (QED) is 0.697. The van der Waals surface area contributed by atoms with Gasteiger partial charge in [0.2, 0.25) is 5.79 Å². The first-order chi connectivity index (χ1) is 9.18. The van der Waals surface area contributed by atoms with Crippen molar-refractivity contribution in [1.29, 1.82) is 0 Å². The Morgan fingerprint density at radius 2 is 1.89 bits per heavy atom. The van der Waals surface area contributed by atoms with Crippen LogP contribution >= 0.6 is 0 Å². The number of hydrogen-bond donors (Lipinski definition) is 3. The van der Waals surface area contributed by atoms with Crippen LogP contribution in [0.2, 0.25) is 0 Å². The van der Waals surface area contributed by atoms with Gasteiger partial charge in [0.05, 0.1) is 12.1 Å². The third kappa shape index (κ3) is 1.56. The van der Waals surface area contributed by atoms with E-state index in [4.69, 9.17) is 4.84 Å². The number of fused-ring (bicyclic) bond motifs is 2. The number of benzene rings is 1. The van der Waals surface area contributed by atoms with Gasteiger partial charge < -0.3 is 10.2 Å². The molecule has 5 nitrogen and oxygen atoms in total. The van der Waals surface area contributed by atoms with Crippen molar-refractivity contribution in [3.05, 3.63) is 29.8 Å². The van der Waals surface area contributed by atoms with Gasteiger partial charge in [0.1, 0.15) is 5.75 Å². The third-order valence-corrected chi connectivity index (χ3v) is 4.85. The lowest BCUT2D eigenvalue weighted by Gasteiger charge is -2.52. The molecule has 0 amide bonds. The lowest BCUT2D eigenvalue weighted by molar-refractivity contribution is -0.285. The molecular weight excluding hydrogens is 244 g/mol. The van der Waals surface area contributed by atoms with Crippen LogP contribution in [0.25, 0.3) is 0 Å². The molecule has 0 aliphatic carbocycles. The fourth-order valence-corrected chi connectivity index (χ4v) is 3.84. The van der Waals surface area contributed by atoms with Gasteiger partial charge in [-0.1, -0.05) is 12.1 Å². The van der Waals surface area contributed by atoms with Crippen molar-refractivity contribution in [2.45, 2.75) is 30.7 Å². The molecule has 5 heteroatoms. The van der Waals surface area contributed by atoms with E-state index in [2.05, 4.69) is 10.4 Å². The molecule has 102 valence electrons. The van der Waals surface area contributed by atoms with Crippen molar-refractivity contribution in [3.8, 4) is 5.75 Å². The normalized spacial score (nSPS) is 44.3. The zero-order valence-electron chi connectivity index (χ0n) is 10.6. The Bertz CT molecular complexity index is 484. The van der Waals surface area contributed by atoms with Gasteiger partial charge in [0, 0.05) is 5.92 Å². The number of aromatic hydroxyl groups is 1. The first kappa shape index (κ1) is 11.7. The fraction of sp³-hybridized carbons (Fsp3) is 0.571. The van der Waals surface area contributed by atoms with Gasteiger partial charge in [-0.05, 0) is 43.6 Å². The predicted molar refractivity (Wildman–Crippen MR) is 68.1 cm³/mol. The summed E-state index contributed by atoms with van der Waals surface area (Å²) in [6.45, 7) is 2.05. The minimum atomic E-state index is -1.07. The van der Waals surface area contributed by atoms with Crippen LogP contribution in [0, 0.1) is 5.92 Å². The first-order valence-electron chi connectivity index (χ1n) is 6.87. The molecule has 0 spiro atoms. The lowest BCUT2D eigenvalue weighted by atomic mass is 9.75. The zero-order valence-corrected chi connectivity index (χ0v) is 10.6. The lowest BCUT2D eigenvalue weighted by Crippen LogP contribution is -2.65. The molecule has 0 radical (unpaired) electrons. The highest BCUT2D eigenvalue weighted by Gasteiger charge is 2.61. The minimum absolute atomic E-state index is 0.0375. The monoisotopic (exact) mass is 262 g/mol. The molecule has 19 heavy (non-hydrogen) atoms. The molecule has 4 fully saturated rings. The second-order valence-corrected chi connectivity index (χ2v) is 5.80. The number of aliphatic hydroxyl groups is 1. The smallest absolute Gasteiger partial charge is 0.205 e. The van der Waals surface area contributed by atoms with Crippen LogP contribution in [-0.2, 0) is 4.84 Å². The van der Waals surface area contributed by atoms with Crippen molar-refractivity contribution < 1.29 is 15.1 Å². The molecule has 1 aromatic rings. The summed E-state index contributed by atoms with van der Waals surface area (Å²) >= 11 is 0. The van der Waals surface area contributed by atoms with Crippen molar-refractivity contribution >= 4 is 0 Å². The highest BCUT2D eigenvalue weighted by Crippen LogP contribution is 2.48. The van der Waals surface area contributed by atoms with E-state index < -0.39 is 5.79 Å². The number of rotatable bonds is 1. The molecule has 4 aliphatic heterocycles. The van der Waals surface area contributed by atoms with E-state index in [0.717, 1.165) is 31.5 Å². The molecule has 2 bridgehead atoms. The van der Waals surface area contributed by atoms with E-state index in [1.165, 1.54) is 0 Å². The molecule has 0 saturated carbocycles. The molecular formula is C14H18N2O3. The van der Waals surface area contributed by atoms with Gasteiger partial charge in [-0.2, -0.15) is 5.48 Å². The summed E-state index contributed by atoms with van der Waals surface area (Å²) in [7, 11) is 0. The number of nitrogens with zero attached hydrogens (tertiary/aromatic N) is 1. The van der Waals surface area contributed by atoms with Gasteiger partial charge >= 0.3 is 0 Å². The molecule has 1 aromatic carbocycles. The molecule has 4 aliphatic rings. The molecule has 3 N–H and O–H groups in total. The Hall–Kier alpha value is -1.14. The van der Waals surface area contributed by atoms with E-state index in [-0.39, 0.29) is 23.8 Å². The van der Waals surface area contributed by atoms with Gasteiger partial charge in [-0.3, -0.25) is 9.74 Å². The Kier molecular flexibility index (Phi) is 2.41. The largest absolute Gasteiger partial charge is 0.508 e. The topological polar surface area (TPSA) is 65.0 Å². The SMILES string of the molecule is Oc1ccc(C2NOC3(O)C4CCN(CC4)C23)cc1. The van der Waals surface area contributed by atoms with Crippen molar-refractivity contribution in [3.63, 3.8) is 0 Å². The number of phenolic OH excluding ortho intramolecular Hbond substituents is 1. The van der Waals surface area contributed by atoms with Crippen LogP contribution in [-0.4, -0.2) is 40.0 Å². The molecule has 4 saturated heterocycles. The minimum Gasteiger partial charge on any atom is -0.508 e. The number of phenols is 1. The first-order valence-corrected chi connectivity index (χ1v) is 6.87. The van der Waals surface area contributed by atoms with Crippen LogP contribution in [0.1, 0.15) is 24.4 Å². The number of hydroxylamine groups is 1. The number of piperidine rings is 3. The Morgan fingerprint density at radius 1 is 1.21 bits per heavy atom. The second-order valence-electron chi connectivity index (χ2n) is 5.80. The Balaban J connectivity index is 1.70. The van der Waals surface area contributed by atoms with Crippen molar-refractivity contribution in [2.75, 3.05) is 13.1 Å². The molecule has 3 atom stereocenters. The van der Waals surface area contributed by atoms with Crippen LogP contribution in [0.5, 0.6) is 5.75 Å². The van der Waals surface area contributed by atoms with Crippen LogP contribution in [0.4, 0.5) is 0 Å². The standard InChI is InChI=1S/C14H18N2O3/c17-11-3-1-9(2-4-11)12-13-14(18,19-15-12)10-5-7-16(13)8-6-10/h1-4,10,12-13,15,17-18H,5-8H2. The Morgan fingerprint density at radius 3 is 2.58 bits per heavy atom. The van der Waals surface area contributed by atoms with E-state index >= 15 is 0 Å². The highest BCUT2D eigenvalue weighted by atomic mass is 16.8. The Labute approximate surface area is 111 Å². The molecule has 3 unspecified atom stereocenters. The second kappa shape index (κ2) is 3.93. The van der Waals surface area contributed by atoms with Crippen LogP contribution in [0.3, 0.4) is 0 Å². The average molecular weight is 262 g/mol. The van der Waals surface area contributed by atoms with Crippen LogP contribution < -0.4 is 5.48 Å². The zero-order chi connectivity index (χ0) is 13.0. The molecule has 0 aromatic heterocycles. The summed E-state index contributed by atoms with van der Waals surface area (Å²) < 4.78 is 0. The summed E-state index contributed by atoms with van der Waals surface area (Å²) in [6.07, 6.45) is 1.99. The summed E-state index contributed by atoms with van der Waals surface area (Å²) in [6, 6.07) is 7.02. The molecule has 5 rings (SSSR count). The molecule has 4 heterocycles. The summed E-state index contributed by atoms with van der Waals surface area (Å²) in [5.74, 6) is -0.598. The van der Waals surface area contributed by atoms with E-state index in [9.17, 15) is 10.2 Å². The van der Waals surface area contributed by atoms with Gasteiger partial charge in [-0.15, -0.1) is 0 Å². The van der Waals surface area contributed by atoms with Gasteiger partial charge in [-0.25, -0.2) is 0 Å². The summed E-state index contributed by atoms with van der Waals surface area (Å²) in [5.41, 5.74) is 4.04. The van der Waals surface area contributed by atoms with Gasteiger partial charge in [0.25, 0.3) is 0 Å². The maximum atomic E-state index is 10.8. The van der Waals surface area contributed by atoms with Crippen molar-refractivity contribution in [2.24, 2.45) is 5.92 Å². The maximum absolute atomic E-state index is 10.8.